The average Bonchev–Trinajstić information content (AvgIpc) is 2.86. The highest BCUT2D eigenvalue weighted by molar-refractivity contribution is 6.29. The third-order valence-corrected chi connectivity index (χ3v) is 3.25. The molecule has 0 unspecified atom stereocenters. The number of furan rings is 1. The largest absolute Gasteiger partial charge is 0.449 e. The minimum Gasteiger partial charge on any atom is -0.449 e. The number of anilines is 2. The summed E-state index contributed by atoms with van der Waals surface area (Å²) in [6, 6.07) is 9.39. The zero-order valence-electron chi connectivity index (χ0n) is 11.7. The lowest BCUT2D eigenvalue weighted by Crippen LogP contribution is -2.21. The summed E-state index contributed by atoms with van der Waals surface area (Å²) >= 11 is 5.76. The molecule has 0 aliphatic carbocycles. The molecule has 0 saturated heterocycles. The number of pyridine rings is 1. The van der Waals surface area contributed by atoms with Crippen LogP contribution in [-0.2, 0) is 0 Å². The highest BCUT2D eigenvalue weighted by Crippen LogP contribution is 2.30. The van der Waals surface area contributed by atoms with Crippen molar-refractivity contribution in [1.29, 1.82) is 0 Å². The number of nitrogens with two attached hydrogens (primary N) is 1. The maximum Gasteiger partial charge on any atom is 0.323 e. The number of para-hydroxylation sites is 1. The molecule has 0 fully saturated rings. The normalized spacial score (nSPS) is 10.5. The van der Waals surface area contributed by atoms with E-state index in [-0.39, 0.29) is 16.6 Å². The third kappa shape index (κ3) is 3.09. The van der Waals surface area contributed by atoms with Gasteiger partial charge in [-0.25, -0.2) is 9.78 Å². The molecule has 4 N–H and O–H groups in total. The summed E-state index contributed by atoms with van der Waals surface area (Å²) in [6.07, 6.45) is 1.46. The van der Waals surface area contributed by atoms with Crippen LogP contribution in [0.1, 0.15) is 10.6 Å². The van der Waals surface area contributed by atoms with Crippen LogP contribution in [0.25, 0.3) is 11.0 Å². The standard InChI is InChI=1S/C15H11ClN4O3/c16-11-7-8(5-6-18-11)19-15(22)20-12-9-3-1-2-4-10(9)23-13(12)14(17)21/h1-7H,(H2,17,21)(H2,18,19,20,22). The number of aromatic nitrogens is 1. The van der Waals surface area contributed by atoms with E-state index in [4.69, 9.17) is 21.8 Å². The minimum absolute atomic E-state index is 0.117. The second-order valence-corrected chi connectivity index (χ2v) is 5.00. The molecule has 0 saturated carbocycles. The molecule has 0 atom stereocenters. The molecule has 8 heteroatoms. The van der Waals surface area contributed by atoms with Crippen LogP contribution < -0.4 is 16.4 Å². The van der Waals surface area contributed by atoms with E-state index in [1.54, 1.807) is 30.3 Å². The van der Waals surface area contributed by atoms with Gasteiger partial charge in [-0.1, -0.05) is 23.7 Å². The van der Waals surface area contributed by atoms with Crippen LogP contribution in [0, 0.1) is 0 Å². The molecule has 0 radical (unpaired) electrons. The molecule has 0 aliphatic heterocycles. The summed E-state index contributed by atoms with van der Waals surface area (Å²) in [5, 5.41) is 5.98. The van der Waals surface area contributed by atoms with E-state index < -0.39 is 11.9 Å². The summed E-state index contributed by atoms with van der Waals surface area (Å²) in [5.74, 6) is -0.891. The molecule has 2 heterocycles. The summed E-state index contributed by atoms with van der Waals surface area (Å²) in [5.41, 5.74) is 6.41. The van der Waals surface area contributed by atoms with Crippen molar-refractivity contribution >= 4 is 45.9 Å². The molecule has 3 rings (SSSR count). The smallest absolute Gasteiger partial charge is 0.323 e. The molecule has 1 aromatic carbocycles. The predicted octanol–water partition coefficient (Wildman–Crippen LogP) is 3.22. The first kappa shape index (κ1) is 14.9. The fourth-order valence-corrected chi connectivity index (χ4v) is 2.27. The number of amides is 3. The van der Waals surface area contributed by atoms with E-state index in [0.717, 1.165) is 0 Å². The number of nitrogens with zero attached hydrogens (tertiary/aromatic N) is 1. The number of nitrogens with one attached hydrogen (secondary N) is 2. The quantitative estimate of drug-likeness (QED) is 0.640. The Kier molecular flexibility index (Phi) is 3.86. The van der Waals surface area contributed by atoms with Crippen LogP contribution in [0.4, 0.5) is 16.2 Å². The topological polar surface area (TPSA) is 110 Å². The van der Waals surface area contributed by atoms with Gasteiger partial charge in [-0.3, -0.25) is 4.79 Å². The molecule has 23 heavy (non-hydrogen) atoms. The first-order chi connectivity index (χ1) is 11.0. The van der Waals surface area contributed by atoms with Gasteiger partial charge in [0.05, 0.1) is 0 Å². The number of primary amides is 1. The molecule has 2 aromatic heterocycles. The van der Waals surface area contributed by atoms with E-state index in [2.05, 4.69) is 15.6 Å². The monoisotopic (exact) mass is 330 g/mol. The number of carbonyl (C=O) groups excluding carboxylic acids is 2. The Morgan fingerprint density at radius 3 is 2.70 bits per heavy atom. The number of carbonyl (C=O) groups is 2. The van der Waals surface area contributed by atoms with E-state index in [0.29, 0.717) is 16.7 Å². The number of fused-ring (bicyclic) bond motifs is 1. The lowest BCUT2D eigenvalue weighted by atomic mass is 10.2. The Morgan fingerprint density at radius 1 is 1.17 bits per heavy atom. The zero-order valence-corrected chi connectivity index (χ0v) is 12.4. The van der Waals surface area contributed by atoms with Crippen molar-refractivity contribution in [3.63, 3.8) is 0 Å². The number of hydrogen-bond donors (Lipinski definition) is 3. The molecular formula is C15H11ClN4O3. The van der Waals surface area contributed by atoms with E-state index in [1.807, 2.05) is 0 Å². The SMILES string of the molecule is NC(=O)c1oc2ccccc2c1NC(=O)Nc1ccnc(Cl)c1. The van der Waals surface area contributed by atoms with Gasteiger partial charge in [-0.15, -0.1) is 0 Å². The van der Waals surface area contributed by atoms with Crippen LogP contribution in [-0.4, -0.2) is 16.9 Å². The van der Waals surface area contributed by atoms with Gasteiger partial charge in [0.15, 0.2) is 0 Å². The molecule has 3 aromatic rings. The minimum atomic E-state index is -0.775. The van der Waals surface area contributed by atoms with Crippen molar-refractivity contribution in [3.8, 4) is 0 Å². The predicted molar refractivity (Wildman–Crippen MR) is 86.6 cm³/mol. The van der Waals surface area contributed by atoms with E-state index >= 15 is 0 Å². The summed E-state index contributed by atoms with van der Waals surface area (Å²) < 4.78 is 5.38. The van der Waals surface area contributed by atoms with Gasteiger partial charge in [0, 0.05) is 17.3 Å². The van der Waals surface area contributed by atoms with Crippen molar-refractivity contribution in [1.82, 2.24) is 4.98 Å². The Bertz CT molecular complexity index is 907. The fraction of sp³-hybridized carbons (Fsp3) is 0. The molecule has 3 amide bonds. The molecule has 116 valence electrons. The van der Waals surface area contributed by atoms with E-state index in [1.165, 1.54) is 12.3 Å². The Morgan fingerprint density at radius 2 is 1.96 bits per heavy atom. The van der Waals surface area contributed by atoms with Crippen LogP contribution in [0.3, 0.4) is 0 Å². The third-order valence-electron chi connectivity index (χ3n) is 3.04. The molecule has 7 nitrogen and oxygen atoms in total. The number of benzene rings is 1. The van der Waals surface area contributed by atoms with Crippen molar-refractivity contribution in [2.45, 2.75) is 0 Å². The highest BCUT2D eigenvalue weighted by Gasteiger charge is 2.20. The number of rotatable bonds is 3. The van der Waals surface area contributed by atoms with Gasteiger partial charge in [-0.2, -0.15) is 0 Å². The first-order valence-electron chi connectivity index (χ1n) is 6.55. The van der Waals surface area contributed by atoms with Crippen LogP contribution in [0.15, 0.2) is 47.0 Å². The van der Waals surface area contributed by atoms with Crippen molar-refractivity contribution < 1.29 is 14.0 Å². The second kappa shape index (κ2) is 5.98. The molecular weight excluding hydrogens is 320 g/mol. The van der Waals surface area contributed by atoms with Crippen LogP contribution in [0.2, 0.25) is 5.15 Å². The number of hydrogen-bond acceptors (Lipinski definition) is 4. The Hall–Kier alpha value is -3.06. The van der Waals surface area contributed by atoms with Crippen molar-refractivity contribution in [2.24, 2.45) is 5.73 Å². The summed E-state index contributed by atoms with van der Waals surface area (Å²) in [7, 11) is 0. The van der Waals surface area contributed by atoms with Crippen molar-refractivity contribution in [2.75, 3.05) is 10.6 Å². The maximum absolute atomic E-state index is 12.1. The molecule has 0 spiro atoms. The maximum atomic E-state index is 12.1. The average molecular weight is 331 g/mol. The Balaban J connectivity index is 1.90. The number of halogens is 1. The molecule has 0 bridgehead atoms. The van der Waals surface area contributed by atoms with Crippen LogP contribution >= 0.6 is 11.6 Å². The van der Waals surface area contributed by atoms with Crippen LogP contribution in [0.5, 0.6) is 0 Å². The van der Waals surface area contributed by atoms with Gasteiger partial charge in [0.2, 0.25) is 5.76 Å². The number of urea groups is 1. The lowest BCUT2D eigenvalue weighted by Gasteiger charge is -2.07. The summed E-state index contributed by atoms with van der Waals surface area (Å²) in [4.78, 5) is 27.5. The lowest BCUT2D eigenvalue weighted by molar-refractivity contribution is 0.0977. The second-order valence-electron chi connectivity index (χ2n) is 4.61. The first-order valence-corrected chi connectivity index (χ1v) is 6.93. The van der Waals surface area contributed by atoms with E-state index in [9.17, 15) is 9.59 Å². The zero-order chi connectivity index (χ0) is 16.4. The van der Waals surface area contributed by atoms with Gasteiger partial charge in [0.25, 0.3) is 5.91 Å². The van der Waals surface area contributed by atoms with Gasteiger partial charge >= 0.3 is 6.03 Å². The molecule has 0 aliphatic rings. The summed E-state index contributed by atoms with van der Waals surface area (Å²) in [6.45, 7) is 0. The fourth-order valence-electron chi connectivity index (χ4n) is 2.10. The Labute approximate surface area is 135 Å². The van der Waals surface area contributed by atoms with Gasteiger partial charge in [-0.05, 0) is 24.3 Å². The highest BCUT2D eigenvalue weighted by atomic mass is 35.5. The van der Waals surface area contributed by atoms with Crippen molar-refractivity contribution in [3.05, 3.63) is 53.5 Å². The van der Waals surface area contributed by atoms with Gasteiger partial charge < -0.3 is 20.8 Å². The van der Waals surface area contributed by atoms with Gasteiger partial charge in [0.1, 0.15) is 16.4 Å².